The highest BCUT2D eigenvalue weighted by Crippen LogP contribution is 2.55. The third-order valence-corrected chi connectivity index (χ3v) is 11.2. The van der Waals surface area contributed by atoms with Gasteiger partial charge in [-0.3, -0.25) is 0 Å². The van der Waals surface area contributed by atoms with Gasteiger partial charge >= 0.3 is 0 Å². The quantitative estimate of drug-likeness (QED) is 0.185. The Morgan fingerprint density at radius 3 is 1.81 bits per heavy atom. The van der Waals surface area contributed by atoms with Gasteiger partial charge in [0.25, 0.3) is 0 Å². The first-order valence-electron chi connectivity index (χ1n) is 18.4. The topological polar surface area (TPSA) is 17.0 Å². The van der Waals surface area contributed by atoms with Crippen LogP contribution in [-0.4, -0.2) is 4.57 Å². The number of rotatable bonds is 6. The number of hydrogen-bond acceptors (Lipinski definition) is 1. The second-order valence-corrected chi connectivity index (χ2v) is 14.6. The SMILES string of the molecule is CC1(C)c2ccccc2-c2c(Nc3ccc(-c4ccc5c(c4)c4ccccc4n5-c4ccccc4)cc3)ccc(-c3ccc(-c4ccccc4)cc3)c21. The monoisotopic (exact) mass is 678 g/mol. The summed E-state index contributed by atoms with van der Waals surface area (Å²) in [6.07, 6.45) is 0. The summed E-state index contributed by atoms with van der Waals surface area (Å²) >= 11 is 0. The van der Waals surface area contributed by atoms with Crippen molar-refractivity contribution in [3.63, 3.8) is 0 Å². The van der Waals surface area contributed by atoms with Crippen LogP contribution in [-0.2, 0) is 5.41 Å². The van der Waals surface area contributed by atoms with Crippen LogP contribution < -0.4 is 5.32 Å². The Bertz CT molecular complexity index is 2790. The van der Waals surface area contributed by atoms with Crippen molar-refractivity contribution in [2.75, 3.05) is 5.32 Å². The second-order valence-electron chi connectivity index (χ2n) is 14.6. The Balaban J connectivity index is 1.01. The maximum absolute atomic E-state index is 3.84. The summed E-state index contributed by atoms with van der Waals surface area (Å²) < 4.78 is 2.37. The van der Waals surface area contributed by atoms with Crippen LogP contribution >= 0.6 is 0 Å². The Labute approximate surface area is 310 Å². The predicted octanol–water partition coefficient (Wildman–Crippen LogP) is 13.8. The highest BCUT2D eigenvalue weighted by atomic mass is 15.0. The van der Waals surface area contributed by atoms with E-state index in [2.05, 4.69) is 212 Å². The number of para-hydroxylation sites is 2. The molecule has 53 heavy (non-hydrogen) atoms. The van der Waals surface area contributed by atoms with Crippen molar-refractivity contribution in [2.45, 2.75) is 19.3 Å². The fourth-order valence-corrected chi connectivity index (χ4v) is 8.64. The zero-order valence-corrected chi connectivity index (χ0v) is 29.8. The van der Waals surface area contributed by atoms with Crippen molar-refractivity contribution in [1.82, 2.24) is 4.57 Å². The van der Waals surface area contributed by atoms with Crippen LogP contribution in [0.25, 0.3) is 72.0 Å². The van der Waals surface area contributed by atoms with Crippen LogP contribution in [0, 0.1) is 0 Å². The molecule has 252 valence electrons. The van der Waals surface area contributed by atoms with Crippen molar-refractivity contribution in [3.8, 4) is 50.2 Å². The predicted molar refractivity (Wildman–Crippen MR) is 224 cm³/mol. The molecule has 1 heterocycles. The van der Waals surface area contributed by atoms with Crippen molar-refractivity contribution >= 4 is 33.2 Å². The Morgan fingerprint density at radius 1 is 0.434 bits per heavy atom. The van der Waals surface area contributed by atoms with E-state index in [9.17, 15) is 0 Å². The Hall–Kier alpha value is -6.64. The molecule has 1 N–H and O–H groups in total. The summed E-state index contributed by atoms with van der Waals surface area (Å²) in [5, 5.41) is 6.37. The molecule has 0 saturated heterocycles. The van der Waals surface area contributed by atoms with Gasteiger partial charge in [-0.25, -0.2) is 0 Å². The van der Waals surface area contributed by atoms with Crippen LogP contribution in [0.3, 0.4) is 0 Å². The molecular weight excluding hydrogens is 641 g/mol. The first kappa shape index (κ1) is 31.1. The summed E-state index contributed by atoms with van der Waals surface area (Å²) in [5.74, 6) is 0. The number of hydrogen-bond donors (Lipinski definition) is 1. The molecule has 0 fully saturated rings. The molecule has 0 saturated carbocycles. The van der Waals surface area contributed by atoms with E-state index < -0.39 is 0 Å². The summed E-state index contributed by atoms with van der Waals surface area (Å²) in [4.78, 5) is 0. The maximum atomic E-state index is 3.84. The van der Waals surface area contributed by atoms with Gasteiger partial charge in [0.1, 0.15) is 0 Å². The fourth-order valence-electron chi connectivity index (χ4n) is 8.64. The lowest BCUT2D eigenvalue weighted by atomic mass is 9.78. The number of anilines is 2. The van der Waals surface area contributed by atoms with Crippen LogP contribution in [0.5, 0.6) is 0 Å². The molecule has 1 aliphatic carbocycles. The fraction of sp³-hybridized carbons (Fsp3) is 0.0588. The average Bonchev–Trinajstić information content (AvgIpc) is 3.68. The zero-order valence-electron chi connectivity index (χ0n) is 29.8. The minimum atomic E-state index is -0.150. The van der Waals surface area contributed by atoms with Gasteiger partial charge in [0.05, 0.1) is 11.0 Å². The van der Waals surface area contributed by atoms with Crippen molar-refractivity contribution in [2.24, 2.45) is 0 Å². The first-order chi connectivity index (χ1) is 26.0. The lowest BCUT2D eigenvalue weighted by Gasteiger charge is -2.25. The van der Waals surface area contributed by atoms with E-state index >= 15 is 0 Å². The Kier molecular flexibility index (Phi) is 7.19. The van der Waals surface area contributed by atoms with Crippen LogP contribution in [0.15, 0.2) is 188 Å². The van der Waals surface area contributed by atoms with Crippen molar-refractivity contribution < 1.29 is 0 Å². The molecule has 0 aliphatic heterocycles. The van der Waals surface area contributed by atoms with Gasteiger partial charge in [-0.1, -0.05) is 153 Å². The lowest BCUT2D eigenvalue weighted by molar-refractivity contribution is 0.662. The minimum absolute atomic E-state index is 0.150. The molecule has 0 unspecified atom stereocenters. The first-order valence-corrected chi connectivity index (χ1v) is 18.4. The third kappa shape index (κ3) is 5.10. The van der Waals surface area contributed by atoms with E-state index in [1.165, 1.54) is 83.1 Å². The molecule has 9 aromatic rings. The van der Waals surface area contributed by atoms with E-state index in [4.69, 9.17) is 0 Å². The van der Waals surface area contributed by atoms with Gasteiger partial charge in [0.15, 0.2) is 0 Å². The Morgan fingerprint density at radius 2 is 1.02 bits per heavy atom. The van der Waals surface area contributed by atoms with Crippen LogP contribution in [0.1, 0.15) is 25.0 Å². The van der Waals surface area contributed by atoms with E-state index in [-0.39, 0.29) is 5.41 Å². The lowest BCUT2D eigenvalue weighted by Crippen LogP contribution is -2.16. The largest absolute Gasteiger partial charge is 0.355 e. The molecule has 1 aliphatic rings. The number of benzene rings is 8. The molecule has 0 amide bonds. The third-order valence-electron chi connectivity index (χ3n) is 11.2. The number of nitrogens with zero attached hydrogens (tertiary/aromatic N) is 1. The molecule has 8 aromatic carbocycles. The van der Waals surface area contributed by atoms with E-state index in [1.807, 2.05) is 0 Å². The van der Waals surface area contributed by atoms with Crippen molar-refractivity contribution in [3.05, 3.63) is 199 Å². The van der Waals surface area contributed by atoms with Crippen LogP contribution in [0.4, 0.5) is 11.4 Å². The van der Waals surface area contributed by atoms with Gasteiger partial charge in [-0.2, -0.15) is 0 Å². The maximum Gasteiger partial charge on any atom is 0.0541 e. The van der Waals surface area contributed by atoms with Gasteiger partial charge in [-0.15, -0.1) is 0 Å². The smallest absolute Gasteiger partial charge is 0.0541 e. The molecule has 10 rings (SSSR count). The number of nitrogens with one attached hydrogen (secondary N) is 1. The highest BCUT2D eigenvalue weighted by molar-refractivity contribution is 6.10. The van der Waals surface area contributed by atoms with Crippen LogP contribution in [0.2, 0.25) is 0 Å². The van der Waals surface area contributed by atoms with Gasteiger partial charge in [0.2, 0.25) is 0 Å². The summed E-state index contributed by atoms with van der Waals surface area (Å²) in [7, 11) is 0. The molecule has 1 aromatic heterocycles. The summed E-state index contributed by atoms with van der Waals surface area (Å²) in [6.45, 7) is 4.73. The molecule has 2 heteroatoms. The highest BCUT2D eigenvalue weighted by Gasteiger charge is 2.39. The standard InChI is InChI=1S/C51H38N2/c1-51(2)45-19-11-9-18-43(45)49-46(31-30-41(50(49)51)37-23-21-35(22-24-37)34-13-5-3-6-14-34)52-39-28-25-36(26-29-39)38-27-32-48-44(33-38)42-17-10-12-20-47(42)53(48)40-15-7-4-8-16-40/h3-33,52H,1-2H3. The molecular formula is C51H38N2. The molecule has 2 nitrogen and oxygen atoms in total. The van der Waals surface area contributed by atoms with Crippen molar-refractivity contribution in [1.29, 1.82) is 0 Å². The molecule has 0 bridgehead atoms. The zero-order chi connectivity index (χ0) is 35.5. The van der Waals surface area contributed by atoms with E-state index in [0.29, 0.717) is 0 Å². The van der Waals surface area contributed by atoms with Gasteiger partial charge < -0.3 is 9.88 Å². The van der Waals surface area contributed by atoms with Gasteiger partial charge in [0, 0.05) is 38.8 Å². The minimum Gasteiger partial charge on any atom is -0.355 e. The average molecular weight is 679 g/mol. The summed E-state index contributed by atoms with van der Waals surface area (Å²) in [6, 6.07) is 68.2. The second kappa shape index (κ2) is 12.3. The molecule has 0 radical (unpaired) electrons. The van der Waals surface area contributed by atoms with Gasteiger partial charge in [-0.05, 0) is 98.6 Å². The number of aromatic nitrogens is 1. The van der Waals surface area contributed by atoms with E-state index in [1.54, 1.807) is 0 Å². The molecule has 0 atom stereocenters. The number of fused-ring (bicyclic) bond motifs is 6. The normalized spacial score (nSPS) is 12.9. The van der Waals surface area contributed by atoms with E-state index in [0.717, 1.165) is 11.4 Å². The molecule has 0 spiro atoms. The summed E-state index contributed by atoms with van der Waals surface area (Å²) in [5.41, 5.74) is 18.4.